The van der Waals surface area contributed by atoms with Crippen LogP contribution in [0.2, 0.25) is 0 Å². The molecule has 1 aromatic carbocycles. The van der Waals surface area contributed by atoms with Crippen LogP contribution in [-0.2, 0) is 0 Å². The Bertz CT molecular complexity index is 561. The fraction of sp³-hybridized carbons (Fsp3) is 0.500. The zero-order valence-electron chi connectivity index (χ0n) is 11.7. The van der Waals surface area contributed by atoms with Gasteiger partial charge in [0.25, 0.3) is 0 Å². The fourth-order valence-electron chi connectivity index (χ4n) is 3.21. The molecular weight excluding hydrogens is 252 g/mol. The molecule has 19 heavy (non-hydrogen) atoms. The first-order valence-corrected chi connectivity index (χ1v) is 8.00. The second kappa shape index (κ2) is 5.23. The molecule has 0 saturated carbocycles. The number of rotatable bonds is 3. The number of hydrogen-bond acceptors (Lipinski definition) is 3. The lowest BCUT2D eigenvalue weighted by molar-refractivity contribution is 0.222. The van der Waals surface area contributed by atoms with Gasteiger partial charge in [-0.25, -0.2) is 0 Å². The van der Waals surface area contributed by atoms with E-state index in [-0.39, 0.29) is 6.04 Å². The van der Waals surface area contributed by atoms with Crippen molar-refractivity contribution in [3.63, 3.8) is 0 Å². The molecular formula is C16H22N2S. The lowest BCUT2D eigenvalue weighted by Crippen LogP contribution is -2.33. The summed E-state index contributed by atoms with van der Waals surface area (Å²) in [6.07, 6.45) is 1.11. The molecule has 1 aliphatic rings. The maximum absolute atomic E-state index is 6.39. The Hall–Kier alpha value is -0.900. The Morgan fingerprint density at radius 3 is 2.95 bits per heavy atom. The minimum atomic E-state index is 0.275. The lowest BCUT2D eigenvalue weighted by Gasteiger charge is -2.28. The largest absolute Gasteiger partial charge is 0.326 e. The van der Waals surface area contributed by atoms with Gasteiger partial charge in [-0.05, 0) is 34.7 Å². The van der Waals surface area contributed by atoms with Crippen LogP contribution in [0.1, 0.15) is 31.9 Å². The van der Waals surface area contributed by atoms with Crippen molar-refractivity contribution in [3.05, 3.63) is 35.2 Å². The molecule has 3 rings (SSSR count). The highest BCUT2D eigenvalue weighted by atomic mass is 32.1. The molecule has 2 N–H and O–H groups in total. The van der Waals surface area contributed by atoms with E-state index in [1.54, 1.807) is 0 Å². The molecule has 2 heterocycles. The molecule has 0 radical (unpaired) electrons. The van der Waals surface area contributed by atoms with Gasteiger partial charge in [0.15, 0.2) is 0 Å². The van der Waals surface area contributed by atoms with Crippen molar-refractivity contribution in [2.45, 2.75) is 32.4 Å². The minimum Gasteiger partial charge on any atom is -0.326 e. The Labute approximate surface area is 119 Å². The van der Waals surface area contributed by atoms with E-state index in [1.165, 1.54) is 15.6 Å². The van der Waals surface area contributed by atoms with Gasteiger partial charge in [0.05, 0.1) is 6.04 Å². The number of hydrogen-bond donors (Lipinski definition) is 1. The van der Waals surface area contributed by atoms with E-state index in [2.05, 4.69) is 48.4 Å². The first kappa shape index (κ1) is 13.1. The van der Waals surface area contributed by atoms with Crippen LogP contribution in [-0.4, -0.2) is 24.0 Å². The van der Waals surface area contributed by atoms with Gasteiger partial charge >= 0.3 is 0 Å². The topological polar surface area (TPSA) is 29.3 Å². The smallest absolute Gasteiger partial charge is 0.0514 e. The molecule has 1 fully saturated rings. The van der Waals surface area contributed by atoms with Crippen molar-refractivity contribution in [3.8, 4) is 0 Å². The van der Waals surface area contributed by atoms with Gasteiger partial charge in [-0.3, -0.25) is 4.90 Å². The molecule has 2 unspecified atom stereocenters. The molecule has 1 aliphatic heterocycles. The van der Waals surface area contributed by atoms with Crippen molar-refractivity contribution >= 4 is 21.4 Å². The Morgan fingerprint density at radius 1 is 1.37 bits per heavy atom. The van der Waals surface area contributed by atoms with Gasteiger partial charge in [0.1, 0.15) is 0 Å². The summed E-state index contributed by atoms with van der Waals surface area (Å²) >= 11 is 1.84. The SMILES string of the molecule is CC(C)CN1CCC(N)C1c1csc2ccccc12. The normalized spacial score (nSPS) is 24.6. The van der Waals surface area contributed by atoms with Crippen LogP contribution in [0.5, 0.6) is 0 Å². The third-order valence-electron chi connectivity index (χ3n) is 3.98. The predicted molar refractivity (Wildman–Crippen MR) is 83.6 cm³/mol. The monoisotopic (exact) mass is 274 g/mol. The highest BCUT2D eigenvalue weighted by Gasteiger charge is 2.34. The molecule has 0 aliphatic carbocycles. The first-order chi connectivity index (χ1) is 9.16. The summed E-state index contributed by atoms with van der Waals surface area (Å²) in [7, 11) is 0. The second-order valence-electron chi connectivity index (χ2n) is 5.97. The van der Waals surface area contributed by atoms with Crippen LogP contribution >= 0.6 is 11.3 Å². The summed E-state index contributed by atoms with van der Waals surface area (Å²) in [6, 6.07) is 9.36. The summed E-state index contributed by atoms with van der Waals surface area (Å²) in [5, 5.41) is 3.71. The molecule has 2 nitrogen and oxygen atoms in total. The Morgan fingerprint density at radius 2 is 2.16 bits per heavy atom. The zero-order chi connectivity index (χ0) is 13.4. The third-order valence-corrected chi connectivity index (χ3v) is 4.96. The number of likely N-dealkylation sites (tertiary alicyclic amines) is 1. The predicted octanol–water partition coefficient (Wildman–Crippen LogP) is 3.63. The van der Waals surface area contributed by atoms with Crippen LogP contribution in [0.4, 0.5) is 0 Å². The standard InChI is InChI=1S/C16H22N2S/c1-11(2)9-18-8-7-14(17)16(18)13-10-19-15-6-4-3-5-12(13)15/h3-6,10-11,14,16H,7-9,17H2,1-2H3. The van der Waals surface area contributed by atoms with Crippen LogP contribution in [0.25, 0.3) is 10.1 Å². The zero-order valence-corrected chi connectivity index (χ0v) is 12.5. The molecule has 1 aromatic heterocycles. The molecule has 0 spiro atoms. The van der Waals surface area contributed by atoms with Crippen LogP contribution < -0.4 is 5.73 Å². The van der Waals surface area contributed by atoms with Crippen molar-refractivity contribution in [2.75, 3.05) is 13.1 Å². The highest BCUT2D eigenvalue weighted by Crippen LogP contribution is 2.38. The summed E-state index contributed by atoms with van der Waals surface area (Å²) in [4.78, 5) is 2.57. The van der Waals surface area contributed by atoms with Gasteiger partial charge in [0, 0.05) is 23.8 Å². The fourth-order valence-corrected chi connectivity index (χ4v) is 4.20. The summed E-state index contributed by atoms with van der Waals surface area (Å²) in [5.74, 6) is 0.692. The van der Waals surface area contributed by atoms with E-state index in [9.17, 15) is 0 Å². The quantitative estimate of drug-likeness (QED) is 0.926. The van der Waals surface area contributed by atoms with Crippen LogP contribution in [0.15, 0.2) is 29.6 Å². The summed E-state index contributed by atoms with van der Waals surface area (Å²) in [5.41, 5.74) is 7.83. The molecule has 2 atom stereocenters. The Balaban J connectivity index is 1.98. The van der Waals surface area contributed by atoms with E-state index in [0.29, 0.717) is 12.0 Å². The van der Waals surface area contributed by atoms with Crippen LogP contribution in [0.3, 0.4) is 0 Å². The molecule has 0 bridgehead atoms. The van der Waals surface area contributed by atoms with E-state index in [1.807, 2.05) is 11.3 Å². The minimum absolute atomic E-state index is 0.275. The van der Waals surface area contributed by atoms with E-state index in [4.69, 9.17) is 5.73 Å². The Kier molecular flexibility index (Phi) is 3.61. The average molecular weight is 274 g/mol. The average Bonchev–Trinajstić information content (AvgIpc) is 2.93. The molecule has 102 valence electrons. The highest BCUT2D eigenvalue weighted by molar-refractivity contribution is 7.17. The number of nitrogens with two attached hydrogens (primary N) is 1. The van der Waals surface area contributed by atoms with Crippen molar-refractivity contribution < 1.29 is 0 Å². The number of nitrogens with zero attached hydrogens (tertiary/aromatic N) is 1. The van der Waals surface area contributed by atoms with Crippen molar-refractivity contribution in [1.82, 2.24) is 4.90 Å². The molecule has 0 amide bonds. The number of benzene rings is 1. The molecule has 2 aromatic rings. The van der Waals surface area contributed by atoms with Crippen molar-refractivity contribution in [2.24, 2.45) is 11.7 Å². The number of thiophene rings is 1. The lowest BCUT2D eigenvalue weighted by atomic mass is 9.99. The van der Waals surface area contributed by atoms with Gasteiger partial charge < -0.3 is 5.73 Å². The first-order valence-electron chi connectivity index (χ1n) is 7.12. The maximum atomic E-state index is 6.39. The van der Waals surface area contributed by atoms with Gasteiger partial charge in [-0.2, -0.15) is 0 Å². The molecule has 3 heteroatoms. The summed E-state index contributed by atoms with van der Waals surface area (Å²) < 4.78 is 1.38. The number of fused-ring (bicyclic) bond motifs is 1. The van der Waals surface area contributed by atoms with E-state index >= 15 is 0 Å². The van der Waals surface area contributed by atoms with Crippen molar-refractivity contribution in [1.29, 1.82) is 0 Å². The van der Waals surface area contributed by atoms with E-state index < -0.39 is 0 Å². The third kappa shape index (κ3) is 2.42. The maximum Gasteiger partial charge on any atom is 0.0514 e. The van der Waals surface area contributed by atoms with Crippen LogP contribution in [0, 0.1) is 5.92 Å². The van der Waals surface area contributed by atoms with Gasteiger partial charge in [-0.1, -0.05) is 32.0 Å². The van der Waals surface area contributed by atoms with Gasteiger partial charge in [-0.15, -0.1) is 11.3 Å². The second-order valence-corrected chi connectivity index (χ2v) is 6.88. The molecule has 1 saturated heterocycles. The van der Waals surface area contributed by atoms with E-state index in [0.717, 1.165) is 19.5 Å². The van der Waals surface area contributed by atoms with Gasteiger partial charge in [0.2, 0.25) is 0 Å². The summed E-state index contributed by atoms with van der Waals surface area (Å²) in [6.45, 7) is 6.84.